The maximum Gasteiger partial charge on any atom is 0.326 e. The molecule has 19 nitrogen and oxygen atoms in total. The molecule has 0 radical (unpaired) electrons. The largest absolute Gasteiger partial charge is 0.508 e. The van der Waals surface area contributed by atoms with Crippen LogP contribution in [0.15, 0.2) is 49.3 Å². The highest BCUT2D eigenvalue weighted by Gasteiger charge is 2.37. The maximum atomic E-state index is 13.9. The minimum atomic E-state index is -1.53. The van der Waals surface area contributed by atoms with Crippen LogP contribution < -0.4 is 27.0 Å². The van der Waals surface area contributed by atoms with Crippen LogP contribution in [0.1, 0.15) is 36.7 Å². The van der Waals surface area contributed by atoms with Gasteiger partial charge in [-0.25, -0.2) is 14.8 Å². The molecule has 1 aromatic carbocycles. The molecule has 0 aliphatic carbocycles. The van der Waals surface area contributed by atoms with Gasteiger partial charge in [-0.3, -0.25) is 24.0 Å². The maximum absolute atomic E-state index is 13.9. The zero-order valence-corrected chi connectivity index (χ0v) is 27.7. The van der Waals surface area contributed by atoms with E-state index in [0.717, 1.165) is 0 Å². The summed E-state index contributed by atoms with van der Waals surface area (Å²) in [6, 6.07) is -1.69. The summed E-state index contributed by atoms with van der Waals surface area (Å²) in [5.74, 6) is -5.17. The molecule has 1 aliphatic heterocycles. The number of aromatic nitrogens is 4. The van der Waals surface area contributed by atoms with Gasteiger partial charge >= 0.3 is 5.97 Å². The number of nitrogens with zero attached hydrogens (tertiary/aromatic N) is 3. The number of nitrogens with one attached hydrogen (secondary N) is 6. The van der Waals surface area contributed by atoms with E-state index in [2.05, 4.69) is 41.2 Å². The third-order valence-corrected chi connectivity index (χ3v) is 8.24. The molecule has 51 heavy (non-hydrogen) atoms. The first-order valence-corrected chi connectivity index (χ1v) is 16.2. The van der Waals surface area contributed by atoms with Gasteiger partial charge in [-0.2, -0.15) is 0 Å². The average molecular weight is 711 g/mol. The van der Waals surface area contributed by atoms with E-state index in [1.54, 1.807) is 0 Å². The van der Waals surface area contributed by atoms with Gasteiger partial charge in [0, 0.05) is 38.2 Å². The Hall–Kier alpha value is -5.82. The summed E-state index contributed by atoms with van der Waals surface area (Å²) in [5, 5.41) is 39.6. The Balaban J connectivity index is 1.53. The number of aromatic amines is 2. The van der Waals surface area contributed by atoms with Crippen LogP contribution in [-0.4, -0.2) is 125 Å². The number of phenolic OH excluding ortho intramolecular Hbond substituents is 1. The number of aromatic hydroxyl groups is 1. The molecule has 0 saturated carbocycles. The highest BCUT2D eigenvalue weighted by molar-refractivity contribution is 5.96. The smallest absolute Gasteiger partial charge is 0.326 e. The molecule has 1 fully saturated rings. The number of aliphatic hydroxyl groups is 1. The van der Waals surface area contributed by atoms with E-state index < -0.39 is 78.4 Å². The van der Waals surface area contributed by atoms with Gasteiger partial charge in [0.1, 0.15) is 36.0 Å². The van der Waals surface area contributed by atoms with Gasteiger partial charge in [0.2, 0.25) is 29.5 Å². The number of imidazole rings is 2. The minimum Gasteiger partial charge on any atom is -0.508 e. The highest BCUT2D eigenvalue weighted by Crippen LogP contribution is 2.19. The lowest BCUT2D eigenvalue weighted by Crippen LogP contribution is -2.60. The van der Waals surface area contributed by atoms with Crippen LogP contribution in [0, 0.1) is 0 Å². The normalized spacial score (nSPS) is 17.0. The summed E-state index contributed by atoms with van der Waals surface area (Å²) < 4.78 is 0. The number of carbonyl (C=O) groups is 6. The van der Waals surface area contributed by atoms with Crippen molar-refractivity contribution in [2.24, 2.45) is 5.73 Å². The van der Waals surface area contributed by atoms with Gasteiger partial charge in [-0.05, 0) is 37.5 Å². The Bertz CT molecular complexity index is 1650. The van der Waals surface area contributed by atoms with Gasteiger partial charge in [0.05, 0.1) is 36.7 Å². The van der Waals surface area contributed by atoms with Crippen LogP contribution in [0.4, 0.5) is 0 Å². The number of rotatable bonds is 17. The number of likely N-dealkylation sites (tertiary alicyclic amines) is 1. The standard InChI is InChI=1S/C32H42N10O9/c1-17(33)31(49)42-8-2-3-26(42)30(48)41-25(14-43)29(47)38-22(9-18-4-6-21(44)7-5-18)27(45)39-23(10-19-12-34-15-36-19)28(46)40-24(32(50)51)11-20-13-35-16-37-20/h4-7,12-13,15-17,22-26,43-44H,2-3,8-11,14,33H2,1H3,(H,34,36)(H,35,37)(H,38,47)(H,39,45)(H,40,46)(H,41,48)(H,50,51)/t17-,22-,23-,24-,25-,26-/m0/s1. The van der Waals surface area contributed by atoms with E-state index in [4.69, 9.17) is 5.73 Å². The first kappa shape index (κ1) is 38.0. The van der Waals surface area contributed by atoms with Crippen molar-refractivity contribution in [3.05, 3.63) is 66.3 Å². The summed E-state index contributed by atoms with van der Waals surface area (Å²) in [6.45, 7) is 0.940. The molecular weight excluding hydrogens is 668 g/mol. The second-order valence-corrected chi connectivity index (χ2v) is 12.1. The third kappa shape index (κ3) is 10.6. The topological polar surface area (TPSA) is 298 Å². The van der Waals surface area contributed by atoms with Crippen LogP contribution >= 0.6 is 0 Å². The lowest BCUT2D eigenvalue weighted by Gasteiger charge is -2.28. The van der Waals surface area contributed by atoms with Gasteiger partial charge in [0.15, 0.2) is 0 Å². The van der Waals surface area contributed by atoms with Crippen LogP contribution in [0.2, 0.25) is 0 Å². The van der Waals surface area contributed by atoms with Crippen molar-refractivity contribution in [1.29, 1.82) is 0 Å². The number of amides is 5. The number of aliphatic hydroxyl groups excluding tert-OH is 1. The molecule has 0 bridgehead atoms. The summed E-state index contributed by atoms with van der Waals surface area (Å²) in [7, 11) is 0. The van der Waals surface area contributed by atoms with E-state index >= 15 is 0 Å². The molecule has 1 saturated heterocycles. The number of aliphatic carboxylic acids is 1. The lowest BCUT2D eigenvalue weighted by atomic mass is 10.0. The quantitative estimate of drug-likeness (QED) is 0.0681. The monoisotopic (exact) mass is 710 g/mol. The van der Waals surface area contributed by atoms with Gasteiger partial charge in [0.25, 0.3) is 0 Å². The Morgan fingerprint density at radius 1 is 0.843 bits per heavy atom. The second-order valence-electron chi connectivity index (χ2n) is 12.1. The highest BCUT2D eigenvalue weighted by atomic mass is 16.4. The Morgan fingerprint density at radius 3 is 1.88 bits per heavy atom. The summed E-state index contributed by atoms with van der Waals surface area (Å²) >= 11 is 0. The van der Waals surface area contributed by atoms with Crippen LogP contribution in [0.5, 0.6) is 5.75 Å². The molecule has 0 spiro atoms. The fourth-order valence-corrected chi connectivity index (χ4v) is 5.55. The SMILES string of the molecule is C[C@H](N)C(=O)N1CCC[C@H]1C(=O)N[C@@H](CO)C(=O)N[C@@H](Cc1ccc(O)cc1)C(=O)N[C@@H](Cc1c[nH]cn1)C(=O)N[C@@H](Cc1c[nH]cn1)C(=O)O. The molecule has 6 atom stereocenters. The van der Waals surface area contributed by atoms with Gasteiger partial charge in [-0.15, -0.1) is 0 Å². The predicted octanol–water partition coefficient (Wildman–Crippen LogP) is -2.78. The summed E-state index contributed by atoms with van der Waals surface area (Å²) in [4.78, 5) is 93.5. The van der Waals surface area contributed by atoms with Crippen molar-refractivity contribution in [3.63, 3.8) is 0 Å². The first-order chi connectivity index (χ1) is 24.4. The van der Waals surface area contributed by atoms with Crippen LogP contribution in [0.3, 0.4) is 0 Å². The van der Waals surface area contributed by atoms with Crippen molar-refractivity contribution in [1.82, 2.24) is 46.1 Å². The van der Waals surface area contributed by atoms with E-state index in [0.29, 0.717) is 36.3 Å². The zero-order valence-electron chi connectivity index (χ0n) is 27.7. The van der Waals surface area contributed by atoms with E-state index in [1.807, 2.05) is 0 Å². The minimum absolute atomic E-state index is 0.0473. The van der Waals surface area contributed by atoms with Crippen LogP contribution in [-0.2, 0) is 48.0 Å². The van der Waals surface area contributed by atoms with Crippen LogP contribution in [0.25, 0.3) is 0 Å². The first-order valence-electron chi connectivity index (χ1n) is 16.2. The third-order valence-electron chi connectivity index (χ3n) is 8.24. The molecule has 19 heteroatoms. The lowest BCUT2D eigenvalue weighted by molar-refractivity contribution is -0.142. The average Bonchev–Trinajstić information content (AvgIpc) is 3.90. The fraction of sp³-hybridized carbons (Fsp3) is 0.438. The van der Waals surface area contributed by atoms with Gasteiger partial charge in [-0.1, -0.05) is 12.1 Å². The molecule has 5 amide bonds. The Labute approximate surface area is 291 Å². The molecule has 11 N–H and O–H groups in total. The van der Waals surface area contributed by atoms with Crippen molar-refractivity contribution >= 4 is 35.5 Å². The Morgan fingerprint density at radius 2 is 1.37 bits per heavy atom. The number of hydrogen-bond donors (Lipinski definition) is 10. The molecule has 3 aromatic rings. The molecule has 274 valence electrons. The summed E-state index contributed by atoms with van der Waals surface area (Å²) in [5.41, 5.74) is 6.95. The molecule has 1 aliphatic rings. The number of carboxylic acids is 1. The molecule has 3 heterocycles. The zero-order chi connectivity index (χ0) is 37.1. The molecule has 4 rings (SSSR count). The molecular formula is C32H42N10O9. The number of hydrogen-bond acceptors (Lipinski definition) is 11. The second kappa shape index (κ2) is 17.7. The van der Waals surface area contributed by atoms with Crippen molar-refractivity contribution in [2.75, 3.05) is 13.2 Å². The molecule has 0 unspecified atom stereocenters. The van der Waals surface area contributed by atoms with Gasteiger partial charge < -0.3 is 57.2 Å². The number of H-pyrrole nitrogens is 2. The summed E-state index contributed by atoms with van der Waals surface area (Å²) in [6.07, 6.45) is 6.07. The fourth-order valence-electron chi connectivity index (χ4n) is 5.55. The van der Waals surface area contributed by atoms with Crippen molar-refractivity contribution < 1.29 is 44.1 Å². The van der Waals surface area contributed by atoms with E-state index in [-0.39, 0.29) is 25.0 Å². The number of carboxylic acid groups (broad SMARTS) is 1. The number of nitrogens with two attached hydrogens (primary N) is 1. The number of carbonyl (C=O) groups excluding carboxylic acids is 5. The van der Waals surface area contributed by atoms with E-state index in [9.17, 15) is 44.1 Å². The number of benzene rings is 1. The Kier molecular flexibility index (Phi) is 13.2. The van der Waals surface area contributed by atoms with Crippen molar-refractivity contribution in [2.45, 2.75) is 75.3 Å². The van der Waals surface area contributed by atoms with Crippen molar-refractivity contribution in [3.8, 4) is 5.75 Å². The number of phenols is 1. The predicted molar refractivity (Wildman–Crippen MR) is 177 cm³/mol. The molecule has 2 aromatic heterocycles. The van der Waals surface area contributed by atoms with E-state index in [1.165, 1.54) is 61.1 Å².